The van der Waals surface area contributed by atoms with E-state index in [9.17, 15) is 4.79 Å². The summed E-state index contributed by atoms with van der Waals surface area (Å²) in [5, 5.41) is 4.11. The zero-order valence-corrected chi connectivity index (χ0v) is 17.2. The molecule has 6 heteroatoms. The van der Waals surface area contributed by atoms with Crippen LogP contribution in [0.1, 0.15) is 36.2 Å². The Morgan fingerprint density at radius 3 is 2.58 bits per heavy atom. The second-order valence-electron chi connectivity index (χ2n) is 8.20. The molecule has 0 radical (unpaired) electrons. The Balaban J connectivity index is 1.38. The molecule has 0 unspecified atom stereocenters. The molecule has 0 bridgehead atoms. The topological polar surface area (TPSA) is 96.7 Å². The van der Waals surface area contributed by atoms with Crippen molar-refractivity contribution in [1.82, 2.24) is 20.3 Å². The van der Waals surface area contributed by atoms with Crippen molar-refractivity contribution in [2.24, 2.45) is 5.73 Å². The van der Waals surface area contributed by atoms with Gasteiger partial charge < -0.3 is 16.0 Å². The molecule has 1 aliphatic rings. The van der Waals surface area contributed by atoms with E-state index in [0.29, 0.717) is 5.69 Å². The summed E-state index contributed by atoms with van der Waals surface area (Å²) in [5.41, 5.74) is 11.0. The van der Waals surface area contributed by atoms with E-state index in [1.54, 1.807) is 12.3 Å². The molecular weight excluding hydrogens is 386 g/mol. The summed E-state index contributed by atoms with van der Waals surface area (Å²) in [4.78, 5) is 25.3. The van der Waals surface area contributed by atoms with Gasteiger partial charge in [-0.1, -0.05) is 36.4 Å². The molecule has 1 amide bonds. The summed E-state index contributed by atoms with van der Waals surface area (Å²) < 4.78 is 0. The van der Waals surface area contributed by atoms with Crippen LogP contribution in [-0.2, 0) is 0 Å². The number of aromatic amines is 1. The Bertz CT molecular complexity index is 1210. The minimum absolute atomic E-state index is 0.135. The molecule has 1 aliphatic carbocycles. The van der Waals surface area contributed by atoms with Crippen LogP contribution in [0.5, 0.6) is 0 Å². The van der Waals surface area contributed by atoms with E-state index in [1.807, 2.05) is 30.3 Å². The highest BCUT2D eigenvalue weighted by Crippen LogP contribution is 2.26. The van der Waals surface area contributed by atoms with Gasteiger partial charge in [-0.05, 0) is 55.5 Å². The fraction of sp³-hybridized carbons (Fsp3) is 0.240. The second kappa shape index (κ2) is 8.32. The number of hydrogen-bond donors (Lipinski definition) is 3. The van der Waals surface area contributed by atoms with Crippen LogP contribution in [0, 0.1) is 0 Å². The Morgan fingerprint density at radius 2 is 1.77 bits per heavy atom. The largest absolute Gasteiger partial charge is 0.348 e. The molecule has 1 saturated carbocycles. The summed E-state index contributed by atoms with van der Waals surface area (Å²) in [5.74, 6) is -0.135. The van der Waals surface area contributed by atoms with Gasteiger partial charge >= 0.3 is 0 Å². The molecule has 1 fully saturated rings. The number of nitrogens with one attached hydrogen (secondary N) is 2. The molecule has 31 heavy (non-hydrogen) atoms. The zero-order chi connectivity index (χ0) is 21.2. The van der Waals surface area contributed by atoms with Gasteiger partial charge in [-0.25, -0.2) is 9.97 Å². The molecular formula is C25H25N5O. The Labute approximate surface area is 180 Å². The van der Waals surface area contributed by atoms with Gasteiger partial charge in [-0.15, -0.1) is 0 Å². The molecule has 156 valence electrons. The highest BCUT2D eigenvalue weighted by Gasteiger charge is 2.21. The molecule has 0 atom stereocenters. The lowest BCUT2D eigenvalue weighted by Gasteiger charge is -2.26. The first kappa shape index (κ1) is 19.5. The molecule has 0 aliphatic heterocycles. The molecule has 0 saturated heterocycles. The molecule has 3 heterocycles. The van der Waals surface area contributed by atoms with Crippen LogP contribution in [0.25, 0.3) is 33.5 Å². The van der Waals surface area contributed by atoms with Gasteiger partial charge in [0, 0.05) is 34.9 Å². The molecule has 5 rings (SSSR count). The van der Waals surface area contributed by atoms with Crippen LogP contribution >= 0.6 is 0 Å². The van der Waals surface area contributed by atoms with Crippen LogP contribution < -0.4 is 11.1 Å². The first-order valence-electron chi connectivity index (χ1n) is 10.7. The first-order chi connectivity index (χ1) is 15.2. The van der Waals surface area contributed by atoms with Gasteiger partial charge in [0.15, 0.2) is 0 Å². The van der Waals surface area contributed by atoms with E-state index in [-0.39, 0.29) is 18.0 Å². The van der Waals surface area contributed by atoms with Crippen molar-refractivity contribution in [3.63, 3.8) is 0 Å². The van der Waals surface area contributed by atoms with Crippen molar-refractivity contribution < 1.29 is 4.79 Å². The quantitative estimate of drug-likeness (QED) is 0.467. The number of benzene rings is 1. The van der Waals surface area contributed by atoms with Crippen molar-refractivity contribution in [1.29, 1.82) is 0 Å². The number of H-pyrrole nitrogens is 1. The number of amides is 1. The minimum Gasteiger partial charge on any atom is -0.348 e. The third-order valence-corrected chi connectivity index (χ3v) is 5.94. The van der Waals surface area contributed by atoms with Crippen molar-refractivity contribution in [3.05, 3.63) is 72.6 Å². The maximum absolute atomic E-state index is 12.7. The number of rotatable bonds is 4. The zero-order valence-electron chi connectivity index (χ0n) is 17.2. The highest BCUT2D eigenvalue weighted by molar-refractivity contribution is 5.93. The number of carbonyl (C=O) groups is 1. The normalized spacial score (nSPS) is 18.7. The van der Waals surface area contributed by atoms with E-state index in [2.05, 4.69) is 44.5 Å². The smallest absolute Gasteiger partial charge is 0.270 e. The average Bonchev–Trinajstić information content (AvgIpc) is 3.25. The number of hydrogen-bond acceptors (Lipinski definition) is 4. The summed E-state index contributed by atoms with van der Waals surface area (Å²) >= 11 is 0. The summed E-state index contributed by atoms with van der Waals surface area (Å²) in [6.45, 7) is 0. The fourth-order valence-corrected chi connectivity index (χ4v) is 4.17. The lowest BCUT2D eigenvalue weighted by Crippen LogP contribution is -2.40. The third kappa shape index (κ3) is 4.20. The van der Waals surface area contributed by atoms with Gasteiger partial charge in [0.25, 0.3) is 5.91 Å². The van der Waals surface area contributed by atoms with E-state index in [0.717, 1.165) is 59.2 Å². The minimum atomic E-state index is -0.135. The molecule has 3 aromatic heterocycles. The van der Waals surface area contributed by atoms with Crippen molar-refractivity contribution in [2.45, 2.75) is 37.8 Å². The SMILES string of the molecule is NC1CCC(NC(=O)c2cccc(-c3cnc4[nH]c(-c5ccccc5)cc4c3)n2)CC1. The Morgan fingerprint density at radius 1 is 0.968 bits per heavy atom. The van der Waals surface area contributed by atoms with Crippen molar-refractivity contribution >= 4 is 16.9 Å². The lowest BCUT2D eigenvalue weighted by molar-refractivity contribution is 0.0921. The number of aromatic nitrogens is 3. The summed E-state index contributed by atoms with van der Waals surface area (Å²) in [6, 6.07) is 20.3. The predicted octanol–water partition coefficient (Wildman–Crippen LogP) is 4.29. The standard InChI is InChI=1S/C25H25N5O/c26-19-9-11-20(12-10-19)28-25(31)22-8-4-7-21(29-22)18-13-17-14-23(30-24(17)27-15-18)16-5-2-1-3-6-16/h1-8,13-15,19-20H,9-12,26H2,(H,27,30)(H,28,31). The van der Waals surface area contributed by atoms with Crippen LogP contribution in [0.3, 0.4) is 0 Å². The number of nitrogens with two attached hydrogens (primary N) is 1. The van der Waals surface area contributed by atoms with Crippen LogP contribution in [0.2, 0.25) is 0 Å². The van der Waals surface area contributed by atoms with Crippen LogP contribution in [0.15, 0.2) is 66.9 Å². The summed E-state index contributed by atoms with van der Waals surface area (Å²) in [6.07, 6.45) is 5.53. The van der Waals surface area contributed by atoms with Gasteiger partial charge in [0.2, 0.25) is 0 Å². The molecule has 1 aromatic carbocycles. The van der Waals surface area contributed by atoms with E-state index < -0.39 is 0 Å². The highest BCUT2D eigenvalue weighted by atomic mass is 16.1. The number of carbonyl (C=O) groups excluding carboxylic acids is 1. The average molecular weight is 412 g/mol. The van der Waals surface area contributed by atoms with Crippen LogP contribution in [-0.4, -0.2) is 32.9 Å². The number of pyridine rings is 2. The second-order valence-corrected chi connectivity index (χ2v) is 8.20. The van der Waals surface area contributed by atoms with Gasteiger partial charge in [-0.3, -0.25) is 4.79 Å². The maximum Gasteiger partial charge on any atom is 0.270 e. The van der Waals surface area contributed by atoms with Gasteiger partial charge in [0.1, 0.15) is 11.3 Å². The molecule has 6 nitrogen and oxygen atoms in total. The van der Waals surface area contributed by atoms with E-state index in [1.165, 1.54) is 0 Å². The molecule has 4 aromatic rings. The molecule has 4 N–H and O–H groups in total. The van der Waals surface area contributed by atoms with E-state index in [4.69, 9.17) is 5.73 Å². The van der Waals surface area contributed by atoms with Gasteiger partial charge in [-0.2, -0.15) is 0 Å². The maximum atomic E-state index is 12.7. The first-order valence-corrected chi connectivity index (χ1v) is 10.7. The molecule has 0 spiro atoms. The fourth-order valence-electron chi connectivity index (χ4n) is 4.17. The lowest BCUT2D eigenvalue weighted by atomic mass is 9.92. The van der Waals surface area contributed by atoms with Crippen molar-refractivity contribution in [2.75, 3.05) is 0 Å². The third-order valence-electron chi connectivity index (χ3n) is 5.94. The van der Waals surface area contributed by atoms with Crippen molar-refractivity contribution in [3.8, 4) is 22.5 Å². The van der Waals surface area contributed by atoms with Gasteiger partial charge in [0.05, 0.1) is 5.69 Å². The summed E-state index contributed by atoms with van der Waals surface area (Å²) in [7, 11) is 0. The monoisotopic (exact) mass is 411 g/mol. The Kier molecular flexibility index (Phi) is 5.22. The predicted molar refractivity (Wildman–Crippen MR) is 122 cm³/mol. The van der Waals surface area contributed by atoms with E-state index >= 15 is 0 Å². The number of nitrogens with zero attached hydrogens (tertiary/aromatic N) is 2. The number of fused-ring (bicyclic) bond motifs is 1. The Hall–Kier alpha value is -3.51. The van der Waals surface area contributed by atoms with Crippen LogP contribution in [0.4, 0.5) is 0 Å².